The lowest BCUT2D eigenvalue weighted by Crippen LogP contribution is -2.32. The summed E-state index contributed by atoms with van der Waals surface area (Å²) >= 11 is 0. The van der Waals surface area contributed by atoms with Crippen molar-refractivity contribution in [2.45, 2.75) is 26.9 Å². The normalized spacial score (nSPS) is 10.9. The third-order valence-corrected chi connectivity index (χ3v) is 4.87. The van der Waals surface area contributed by atoms with Crippen LogP contribution in [0.5, 0.6) is 5.75 Å². The monoisotopic (exact) mass is 417 g/mol. The lowest BCUT2D eigenvalue weighted by atomic mass is 10.2. The largest absolute Gasteiger partial charge is 0.494 e. The molecule has 0 aliphatic carbocycles. The van der Waals surface area contributed by atoms with E-state index in [4.69, 9.17) is 4.74 Å². The Balaban J connectivity index is 1.49. The highest BCUT2D eigenvalue weighted by molar-refractivity contribution is 5.77. The fourth-order valence-electron chi connectivity index (χ4n) is 3.24. The van der Waals surface area contributed by atoms with E-state index in [9.17, 15) is 9.59 Å². The molecule has 4 rings (SSSR count). The van der Waals surface area contributed by atoms with Crippen molar-refractivity contribution in [2.24, 2.45) is 0 Å². The van der Waals surface area contributed by atoms with Gasteiger partial charge in [0.05, 0.1) is 12.3 Å². The molecule has 1 N–H and O–H groups in total. The Hall–Kier alpha value is -3.94. The molecule has 0 unspecified atom stereocenters. The molecule has 0 spiro atoms. The molecule has 8 nitrogen and oxygen atoms in total. The van der Waals surface area contributed by atoms with Crippen molar-refractivity contribution in [1.29, 1.82) is 0 Å². The molecule has 31 heavy (non-hydrogen) atoms. The Labute approximate surface area is 179 Å². The summed E-state index contributed by atoms with van der Waals surface area (Å²) in [6.07, 6.45) is 2.99. The maximum absolute atomic E-state index is 12.8. The van der Waals surface area contributed by atoms with E-state index in [-0.39, 0.29) is 18.0 Å². The van der Waals surface area contributed by atoms with Crippen molar-refractivity contribution in [1.82, 2.24) is 24.6 Å². The van der Waals surface area contributed by atoms with Crippen LogP contribution in [0, 0.1) is 6.92 Å². The number of benzene rings is 2. The molecule has 0 saturated carbocycles. The lowest BCUT2D eigenvalue weighted by molar-refractivity contribution is -0.121. The number of nitrogens with one attached hydrogen (secondary N) is 1. The molecule has 2 heterocycles. The third kappa shape index (κ3) is 4.48. The summed E-state index contributed by atoms with van der Waals surface area (Å²) < 4.78 is 8.48. The van der Waals surface area contributed by atoms with Crippen molar-refractivity contribution in [3.63, 3.8) is 0 Å². The number of para-hydroxylation sites is 1. The Kier molecular flexibility index (Phi) is 5.79. The minimum atomic E-state index is -0.312. The van der Waals surface area contributed by atoms with Gasteiger partial charge in [-0.2, -0.15) is 0 Å². The van der Waals surface area contributed by atoms with Gasteiger partial charge in [0.25, 0.3) is 5.56 Å². The number of amides is 1. The molecule has 2 aromatic heterocycles. The van der Waals surface area contributed by atoms with E-state index in [2.05, 4.69) is 15.4 Å². The van der Waals surface area contributed by atoms with Gasteiger partial charge in [-0.15, -0.1) is 5.10 Å². The number of ether oxygens (including phenoxy) is 1. The number of nitrogens with zero attached hydrogens (tertiary/aromatic N) is 4. The highest BCUT2D eigenvalue weighted by atomic mass is 16.5. The second kappa shape index (κ2) is 8.83. The first-order valence-corrected chi connectivity index (χ1v) is 10.0. The minimum absolute atomic E-state index is 0.131. The van der Waals surface area contributed by atoms with Crippen LogP contribution >= 0.6 is 0 Å². The molecular formula is C23H23N5O3. The zero-order valence-electron chi connectivity index (χ0n) is 17.4. The molecule has 0 aliphatic heterocycles. The Morgan fingerprint density at radius 1 is 1.13 bits per heavy atom. The quantitative estimate of drug-likeness (QED) is 0.499. The van der Waals surface area contributed by atoms with Gasteiger partial charge in [-0.25, -0.2) is 9.67 Å². The summed E-state index contributed by atoms with van der Waals surface area (Å²) in [4.78, 5) is 29.5. The predicted octanol–water partition coefficient (Wildman–Crippen LogP) is 2.61. The molecular weight excluding hydrogens is 394 g/mol. The zero-order chi connectivity index (χ0) is 21.8. The van der Waals surface area contributed by atoms with Gasteiger partial charge < -0.3 is 10.1 Å². The number of aromatic nitrogens is 4. The second-order valence-electron chi connectivity index (χ2n) is 7.14. The van der Waals surface area contributed by atoms with Gasteiger partial charge in [-0.1, -0.05) is 35.9 Å². The molecule has 0 aliphatic rings. The second-order valence-corrected chi connectivity index (χ2v) is 7.14. The molecule has 8 heteroatoms. The van der Waals surface area contributed by atoms with Gasteiger partial charge in [0.15, 0.2) is 5.65 Å². The minimum Gasteiger partial charge on any atom is -0.494 e. The molecule has 0 saturated heterocycles. The van der Waals surface area contributed by atoms with Crippen LogP contribution < -0.4 is 15.6 Å². The van der Waals surface area contributed by atoms with Crippen LogP contribution in [0.15, 0.2) is 65.8 Å². The molecule has 1 amide bonds. The Morgan fingerprint density at radius 3 is 2.68 bits per heavy atom. The standard InChI is InChI=1S/C23H23N5O3/c1-3-31-20-7-5-4-6-17(20)12-24-21(29)14-27-15-25-22-19(23(27)30)13-28(26-22)18-10-8-16(2)9-11-18/h4-11,13,15H,3,12,14H2,1-2H3,(H,24,29). The summed E-state index contributed by atoms with van der Waals surface area (Å²) in [7, 11) is 0. The van der Waals surface area contributed by atoms with E-state index in [0.29, 0.717) is 24.2 Å². The van der Waals surface area contributed by atoms with Crippen molar-refractivity contribution >= 4 is 16.9 Å². The highest BCUT2D eigenvalue weighted by Gasteiger charge is 2.12. The molecule has 0 bridgehead atoms. The molecule has 158 valence electrons. The lowest BCUT2D eigenvalue weighted by Gasteiger charge is -2.11. The maximum Gasteiger partial charge on any atom is 0.264 e. The van der Waals surface area contributed by atoms with Gasteiger partial charge in [0.2, 0.25) is 5.91 Å². The summed E-state index contributed by atoms with van der Waals surface area (Å²) in [5, 5.41) is 7.56. The topological polar surface area (TPSA) is 91.0 Å². The Morgan fingerprint density at radius 2 is 1.90 bits per heavy atom. The fraction of sp³-hybridized carbons (Fsp3) is 0.217. The average Bonchev–Trinajstić information content (AvgIpc) is 3.21. The summed E-state index contributed by atoms with van der Waals surface area (Å²) in [6.45, 7) is 4.64. The molecule has 0 radical (unpaired) electrons. The smallest absolute Gasteiger partial charge is 0.264 e. The zero-order valence-corrected chi connectivity index (χ0v) is 17.4. The van der Waals surface area contributed by atoms with Crippen molar-refractivity contribution in [2.75, 3.05) is 6.61 Å². The first-order chi connectivity index (χ1) is 15.0. The van der Waals surface area contributed by atoms with Gasteiger partial charge in [0, 0.05) is 18.3 Å². The van der Waals surface area contributed by atoms with Gasteiger partial charge >= 0.3 is 0 Å². The van der Waals surface area contributed by atoms with E-state index in [1.807, 2.05) is 62.4 Å². The van der Waals surface area contributed by atoms with E-state index < -0.39 is 0 Å². The molecule has 0 atom stereocenters. The number of fused-ring (bicyclic) bond motifs is 1. The van der Waals surface area contributed by atoms with Gasteiger partial charge in [-0.3, -0.25) is 14.2 Å². The first-order valence-electron chi connectivity index (χ1n) is 10.0. The number of hydrogen-bond donors (Lipinski definition) is 1. The first kappa shape index (κ1) is 20.3. The highest BCUT2D eigenvalue weighted by Crippen LogP contribution is 2.17. The van der Waals surface area contributed by atoms with E-state index in [1.165, 1.54) is 10.9 Å². The van der Waals surface area contributed by atoms with Crippen LogP contribution in [0.1, 0.15) is 18.1 Å². The summed E-state index contributed by atoms with van der Waals surface area (Å²) in [6, 6.07) is 15.3. The van der Waals surface area contributed by atoms with E-state index in [1.54, 1.807) is 10.9 Å². The van der Waals surface area contributed by atoms with Crippen LogP contribution in [0.4, 0.5) is 0 Å². The Bertz CT molecular complexity index is 1270. The molecule has 4 aromatic rings. The predicted molar refractivity (Wildman–Crippen MR) is 117 cm³/mol. The van der Waals surface area contributed by atoms with Crippen molar-refractivity contribution < 1.29 is 9.53 Å². The van der Waals surface area contributed by atoms with E-state index in [0.717, 1.165) is 22.6 Å². The van der Waals surface area contributed by atoms with Crippen LogP contribution in [0.25, 0.3) is 16.7 Å². The number of rotatable bonds is 7. The van der Waals surface area contributed by atoms with E-state index >= 15 is 0 Å². The van der Waals surface area contributed by atoms with Gasteiger partial charge in [-0.05, 0) is 32.0 Å². The fourth-order valence-corrected chi connectivity index (χ4v) is 3.24. The number of carbonyl (C=O) groups excluding carboxylic acids is 1. The summed E-state index contributed by atoms with van der Waals surface area (Å²) in [5.41, 5.74) is 2.87. The SMILES string of the molecule is CCOc1ccccc1CNC(=O)Cn1cnc2nn(-c3ccc(C)cc3)cc2c1=O. The average molecular weight is 417 g/mol. The third-order valence-electron chi connectivity index (χ3n) is 4.87. The van der Waals surface area contributed by atoms with Gasteiger partial charge in [0.1, 0.15) is 24.0 Å². The van der Waals surface area contributed by atoms with Crippen LogP contribution in [0.3, 0.4) is 0 Å². The van der Waals surface area contributed by atoms with Crippen molar-refractivity contribution in [3.8, 4) is 11.4 Å². The van der Waals surface area contributed by atoms with Crippen LogP contribution in [-0.2, 0) is 17.9 Å². The number of aryl methyl sites for hydroxylation is 1. The maximum atomic E-state index is 12.8. The molecule has 0 fully saturated rings. The molecule has 2 aromatic carbocycles. The van der Waals surface area contributed by atoms with Crippen LogP contribution in [0.2, 0.25) is 0 Å². The van der Waals surface area contributed by atoms with Crippen molar-refractivity contribution in [3.05, 3.63) is 82.5 Å². The number of hydrogen-bond acceptors (Lipinski definition) is 5. The van der Waals surface area contributed by atoms with Crippen LogP contribution in [-0.4, -0.2) is 31.8 Å². The number of carbonyl (C=O) groups is 1. The summed E-state index contributed by atoms with van der Waals surface area (Å²) in [5.74, 6) is 0.439.